The van der Waals surface area contributed by atoms with E-state index in [-0.39, 0.29) is 17.6 Å². The predicted molar refractivity (Wildman–Crippen MR) is 95.5 cm³/mol. The zero-order chi connectivity index (χ0) is 16.1. The van der Waals surface area contributed by atoms with Crippen LogP contribution in [0.4, 0.5) is 0 Å². The van der Waals surface area contributed by atoms with Crippen molar-refractivity contribution >= 4 is 18.3 Å². The molecule has 0 rings (SSSR count). The number of hydrogen-bond acceptors (Lipinski definition) is 2. The molecule has 0 aliphatic rings. The summed E-state index contributed by atoms with van der Waals surface area (Å²) in [6, 6.07) is 0.121. The molecule has 21 heavy (non-hydrogen) atoms. The van der Waals surface area contributed by atoms with E-state index in [9.17, 15) is 0 Å². The fraction of sp³-hybridized carbons (Fsp3) is 0.824. The van der Waals surface area contributed by atoms with E-state index in [1.165, 1.54) is 12.8 Å². The van der Waals surface area contributed by atoms with Crippen molar-refractivity contribution in [2.24, 2.45) is 5.73 Å². The second kappa shape index (κ2) is 13.3. The number of rotatable bonds is 14. The van der Waals surface area contributed by atoms with Crippen molar-refractivity contribution in [1.82, 2.24) is 5.32 Å². The lowest BCUT2D eigenvalue weighted by Gasteiger charge is -2.22. The Morgan fingerprint density at radius 3 is 2.48 bits per heavy atom. The minimum Gasteiger partial charge on any atom is -0.319 e. The van der Waals surface area contributed by atoms with E-state index in [4.69, 9.17) is 17.3 Å². The summed E-state index contributed by atoms with van der Waals surface area (Å²) in [6.45, 7) is 14.4. The monoisotopic (exact) mass is 316 g/mol. The van der Waals surface area contributed by atoms with Gasteiger partial charge in [-0.1, -0.05) is 32.8 Å². The smallest absolute Gasteiger partial charge is 0.226 e. The molecule has 0 saturated heterocycles. The van der Waals surface area contributed by atoms with Gasteiger partial charge in [0.15, 0.2) is 6.04 Å². The molecule has 0 spiro atoms. The molecule has 0 amide bonds. The topological polar surface area (TPSA) is 41.1 Å². The van der Waals surface area contributed by atoms with Crippen LogP contribution in [0.2, 0.25) is 0 Å². The van der Waals surface area contributed by atoms with Gasteiger partial charge in [-0.3, -0.25) is 0 Å². The zero-order valence-electron chi connectivity index (χ0n) is 14.0. The number of hydrogen-bond donors (Lipinski definition) is 2. The van der Waals surface area contributed by atoms with Gasteiger partial charge in [0.25, 0.3) is 0 Å². The van der Waals surface area contributed by atoms with E-state index >= 15 is 0 Å². The molecule has 124 valence electrons. The molecule has 0 aliphatic heterocycles. The fourth-order valence-corrected chi connectivity index (χ4v) is 2.74. The first-order valence-electron chi connectivity index (χ1n) is 8.40. The maximum Gasteiger partial charge on any atom is 0.226 e. The van der Waals surface area contributed by atoms with Crippen molar-refractivity contribution in [2.75, 3.05) is 13.1 Å². The molecular weight excluding hydrogens is 282 g/mol. The third-order valence-corrected chi connectivity index (χ3v) is 4.37. The lowest BCUT2D eigenvalue weighted by molar-refractivity contribution is -0.577. The Bertz CT molecular complexity index is 281. The normalized spacial score (nSPS) is 15.4. The van der Waals surface area contributed by atoms with Crippen LogP contribution in [0.3, 0.4) is 0 Å². The summed E-state index contributed by atoms with van der Waals surface area (Å²) in [6.07, 6.45) is 9.64. The number of halogens is 1. The Morgan fingerprint density at radius 1 is 1.19 bits per heavy atom. The van der Waals surface area contributed by atoms with Gasteiger partial charge in [0, 0.05) is 12.8 Å². The van der Waals surface area contributed by atoms with Gasteiger partial charge in [0.05, 0.1) is 6.04 Å². The summed E-state index contributed by atoms with van der Waals surface area (Å²) < 4.78 is 1.99. The molecule has 0 aromatic carbocycles. The van der Waals surface area contributed by atoms with E-state index in [1.807, 2.05) is 4.58 Å². The molecule has 0 bridgehead atoms. The summed E-state index contributed by atoms with van der Waals surface area (Å²) in [5, 5.41) is 3.34. The average molecular weight is 317 g/mol. The van der Waals surface area contributed by atoms with Crippen LogP contribution in [0, 0.1) is 0 Å². The Kier molecular flexibility index (Phi) is 13.1. The Morgan fingerprint density at radius 2 is 1.90 bits per heavy atom. The minimum absolute atomic E-state index is 0.0445. The zero-order valence-corrected chi connectivity index (χ0v) is 14.7. The lowest BCUT2D eigenvalue weighted by Crippen LogP contribution is -2.44. The van der Waals surface area contributed by atoms with Crippen LogP contribution < -0.4 is 11.1 Å². The second-order valence-electron chi connectivity index (χ2n) is 5.67. The number of unbranched alkanes of at least 4 members (excludes halogenated alkanes) is 3. The molecule has 4 heteroatoms. The van der Waals surface area contributed by atoms with E-state index in [2.05, 4.69) is 32.5 Å². The second-order valence-corrected chi connectivity index (χ2v) is 6.18. The van der Waals surface area contributed by atoms with Crippen LogP contribution in [0.1, 0.15) is 58.8 Å². The lowest BCUT2D eigenvalue weighted by atomic mass is 10.0. The molecule has 3 unspecified atom stereocenters. The molecule has 3 atom stereocenters. The predicted octanol–water partition coefficient (Wildman–Crippen LogP) is 3.51. The van der Waals surface area contributed by atoms with Crippen LogP contribution in [-0.2, 0) is 0 Å². The van der Waals surface area contributed by atoms with Gasteiger partial charge in [0.1, 0.15) is 6.72 Å². The van der Waals surface area contributed by atoms with Gasteiger partial charge in [-0.15, -0.1) is 6.58 Å². The average Bonchev–Trinajstić information content (AvgIpc) is 2.50. The maximum atomic E-state index is 6.50. The first kappa shape index (κ1) is 20.6. The van der Waals surface area contributed by atoms with Gasteiger partial charge >= 0.3 is 0 Å². The number of nitrogens with two attached hydrogens (primary N) is 1. The highest BCUT2D eigenvalue weighted by atomic mass is 35.5. The Labute approximate surface area is 136 Å². The van der Waals surface area contributed by atoms with Gasteiger partial charge in [-0.05, 0) is 44.0 Å². The van der Waals surface area contributed by atoms with E-state index in [1.54, 1.807) is 6.08 Å². The maximum absolute atomic E-state index is 6.50. The van der Waals surface area contributed by atoms with E-state index < -0.39 is 0 Å². The van der Waals surface area contributed by atoms with Gasteiger partial charge in [-0.25, -0.2) is 4.58 Å². The molecule has 0 aromatic heterocycles. The first-order chi connectivity index (χ1) is 10.1. The quantitative estimate of drug-likeness (QED) is 0.129. The van der Waals surface area contributed by atoms with Gasteiger partial charge in [0.2, 0.25) is 5.50 Å². The van der Waals surface area contributed by atoms with Crippen molar-refractivity contribution in [1.29, 1.82) is 0 Å². The number of nitrogens with zero attached hydrogens (tertiary/aromatic N) is 1. The fourth-order valence-electron chi connectivity index (χ4n) is 2.44. The highest BCUT2D eigenvalue weighted by Crippen LogP contribution is 2.17. The first-order valence-corrected chi connectivity index (χ1v) is 8.83. The highest BCUT2D eigenvalue weighted by Gasteiger charge is 2.29. The number of nitrogens with one attached hydrogen (secondary N) is 1. The summed E-state index contributed by atoms with van der Waals surface area (Å²) in [4.78, 5) is 0. The molecule has 3 N–H and O–H groups in total. The molecule has 0 radical (unpaired) electrons. The molecule has 3 nitrogen and oxygen atoms in total. The molecule has 0 heterocycles. The molecule has 0 fully saturated rings. The third kappa shape index (κ3) is 9.28. The summed E-state index contributed by atoms with van der Waals surface area (Å²) in [5.74, 6) is 0. The van der Waals surface area contributed by atoms with Crippen LogP contribution >= 0.6 is 11.6 Å². The largest absolute Gasteiger partial charge is 0.319 e. The van der Waals surface area contributed by atoms with E-state index in [0.717, 1.165) is 45.2 Å². The number of alkyl halides is 1. The highest BCUT2D eigenvalue weighted by molar-refractivity contribution is 6.19. The SMILES string of the molecule is C=CC(N)C(CCCC)[N+](=C)C(Cl)CCCCCNCC. The van der Waals surface area contributed by atoms with Crippen molar-refractivity contribution in [2.45, 2.75) is 76.4 Å². The van der Waals surface area contributed by atoms with Crippen molar-refractivity contribution < 1.29 is 4.58 Å². The standard InChI is InChI=1S/C17H35ClN3/c1-5-8-12-16(15(19)6-2)21(4)17(18)13-10-9-11-14-20-7-3/h6,15-17,20H,2,4-5,7-14,19H2,1,3H3/q+1. The molecule has 0 aromatic rings. The molecule has 0 aliphatic carbocycles. The summed E-state index contributed by atoms with van der Waals surface area (Å²) in [7, 11) is 0. The Balaban J connectivity index is 4.14. The van der Waals surface area contributed by atoms with E-state index in [0.29, 0.717) is 0 Å². The van der Waals surface area contributed by atoms with Crippen molar-refractivity contribution in [3.05, 3.63) is 12.7 Å². The van der Waals surface area contributed by atoms with Crippen LogP contribution in [0.25, 0.3) is 0 Å². The van der Waals surface area contributed by atoms with Gasteiger partial charge in [-0.2, -0.15) is 0 Å². The summed E-state index contributed by atoms with van der Waals surface area (Å²) in [5.41, 5.74) is 6.10. The molecule has 0 saturated carbocycles. The van der Waals surface area contributed by atoms with Crippen LogP contribution in [0.15, 0.2) is 12.7 Å². The minimum atomic E-state index is -0.0657. The van der Waals surface area contributed by atoms with Crippen molar-refractivity contribution in [3.63, 3.8) is 0 Å². The van der Waals surface area contributed by atoms with Crippen LogP contribution in [0.5, 0.6) is 0 Å². The van der Waals surface area contributed by atoms with Crippen molar-refractivity contribution in [3.8, 4) is 0 Å². The molecular formula is C17H35ClN3+. The third-order valence-electron chi connectivity index (χ3n) is 3.90. The van der Waals surface area contributed by atoms with Gasteiger partial charge < -0.3 is 11.1 Å². The Hall–Kier alpha value is -0.380. The summed E-state index contributed by atoms with van der Waals surface area (Å²) >= 11 is 6.50. The van der Waals surface area contributed by atoms with Crippen LogP contribution in [-0.4, -0.2) is 42.0 Å².